The molecule has 0 spiro atoms. The number of hydrogen-bond donors (Lipinski definition) is 3. The van der Waals surface area contributed by atoms with Crippen LogP contribution in [0.5, 0.6) is 0 Å². The van der Waals surface area contributed by atoms with Crippen molar-refractivity contribution in [2.45, 2.75) is 51.5 Å². The summed E-state index contributed by atoms with van der Waals surface area (Å²) in [7, 11) is 0. The number of fused-ring (bicyclic) bond motifs is 1. The van der Waals surface area contributed by atoms with Gasteiger partial charge >= 0.3 is 12.2 Å². The van der Waals surface area contributed by atoms with Crippen molar-refractivity contribution in [3.63, 3.8) is 0 Å². The second-order valence-electron chi connectivity index (χ2n) is 11.5. The number of anilines is 3. The number of benzene rings is 3. The summed E-state index contributed by atoms with van der Waals surface area (Å²) < 4.78 is 5.72. The predicted molar refractivity (Wildman–Crippen MR) is 161 cm³/mol. The van der Waals surface area contributed by atoms with Crippen LogP contribution in [0.1, 0.15) is 56.0 Å². The molecule has 3 N–H and O–H groups in total. The SMILES string of the molecule is CC(C)(C)c1ccc(NC(=O)c2cccc(N(C(=O)OC[C@@H]3CCCCN3C(=O)O)c3ccc4[nH]ncc4c3)c2)cc1. The van der Waals surface area contributed by atoms with E-state index in [1.165, 1.54) is 9.80 Å². The number of likely N-dealkylation sites (tertiary alicyclic amines) is 1. The summed E-state index contributed by atoms with van der Waals surface area (Å²) in [5, 5.41) is 20.3. The smallest absolute Gasteiger partial charge is 0.419 e. The lowest BCUT2D eigenvalue weighted by Gasteiger charge is -2.33. The molecule has 218 valence electrons. The van der Waals surface area contributed by atoms with Gasteiger partial charge in [-0.25, -0.2) is 14.5 Å². The van der Waals surface area contributed by atoms with E-state index in [1.54, 1.807) is 42.6 Å². The van der Waals surface area contributed by atoms with Crippen molar-refractivity contribution in [3.8, 4) is 0 Å². The van der Waals surface area contributed by atoms with Crippen molar-refractivity contribution >= 4 is 46.1 Å². The van der Waals surface area contributed by atoms with Gasteiger partial charge in [0.15, 0.2) is 0 Å². The van der Waals surface area contributed by atoms with Crippen LogP contribution >= 0.6 is 0 Å². The summed E-state index contributed by atoms with van der Waals surface area (Å²) in [6.45, 7) is 6.73. The van der Waals surface area contributed by atoms with Crippen LogP contribution in [0, 0.1) is 0 Å². The Kier molecular flexibility index (Phi) is 8.15. The maximum atomic E-state index is 13.6. The topological polar surface area (TPSA) is 128 Å². The average Bonchev–Trinajstić information content (AvgIpc) is 3.44. The Morgan fingerprint density at radius 3 is 2.55 bits per heavy atom. The standard InChI is InChI=1S/C32H35N5O5/c1-32(2,3)23-10-12-24(13-11-23)34-29(38)21-7-6-9-25(17-21)37(26-14-15-28-22(18-26)19-33-35-28)31(41)42-20-27-8-4-5-16-36(27)30(39)40/h6-7,9-15,17-19,27H,4-5,8,16,20H2,1-3H3,(H,33,35)(H,34,38)(H,39,40)/t27-/m0/s1. The van der Waals surface area contributed by atoms with Gasteiger partial charge in [0.05, 0.1) is 29.1 Å². The first-order valence-electron chi connectivity index (χ1n) is 14.0. The van der Waals surface area contributed by atoms with Crippen LogP contribution in [-0.2, 0) is 10.2 Å². The third-order valence-electron chi connectivity index (χ3n) is 7.51. The molecule has 0 unspecified atom stereocenters. The fraction of sp³-hybridized carbons (Fsp3) is 0.312. The molecule has 42 heavy (non-hydrogen) atoms. The van der Waals surface area contributed by atoms with Crippen LogP contribution in [0.4, 0.5) is 26.7 Å². The number of carboxylic acid groups (broad SMARTS) is 1. The van der Waals surface area contributed by atoms with E-state index in [-0.39, 0.29) is 17.9 Å². The third kappa shape index (κ3) is 6.38. The number of carbonyl (C=O) groups is 3. The minimum absolute atomic E-state index is 0.00267. The van der Waals surface area contributed by atoms with Crippen molar-refractivity contribution in [1.29, 1.82) is 0 Å². The highest BCUT2D eigenvalue weighted by atomic mass is 16.6. The van der Waals surface area contributed by atoms with E-state index in [0.29, 0.717) is 35.6 Å². The van der Waals surface area contributed by atoms with E-state index in [9.17, 15) is 19.5 Å². The fourth-order valence-corrected chi connectivity index (χ4v) is 5.13. The molecular formula is C32H35N5O5. The van der Waals surface area contributed by atoms with Gasteiger partial charge in [0.1, 0.15) is 6.61 Å². The molecule has 1 fully saturated rings. The van der Waals surface area contributed by atoms with Gasteiger partial charge in [0.2, 0.25) is 0 Å². The summed E-state index contributed by atoms with van der Waals surface area (Å²) in [6.07, 6.45) is 2.22. The molecule has 0 bridgehead atoms. The van der Waals surface area contributed by atoms with E-state index in [1.807, 2.05) is 30.3 Å². The van der Waals surface area contributed by atoms with Gasteiger partial charge in [-0.3, -0.25) is 9.89 Å². The van der Waals surface area contributed by atoms with E-state index < -0.39 is 18.2 Å². The van der Waals surface area contributed by atoms with Crippen molar-refractivity contribution in [2.75, 3.05) is 23.4 Å². The summed E-state index contributed by atoms with van der Waals surface area (Å²) in [5.74, 6) is -0.321. The van der Waals surface area contributed by atoms with Crippen LogP contribution < -0.4 is 10.2 Å². The molecule has 1 aliphatic heterocycles. The van der Waals surface area contributed by atoms with Gasteiger partial charge in [-0.15, -0.1) is 0 Å². The predicted octanol–water partition coefficient (Wildman–Crippen LogP) is 6.92. The van der Waals surface area contributed by atoms with Crippen molar-refractivity contribution < 1.29 is 24.2 Å². The number of aromatic nitrogens is 2. The Labute approximate surface area is 244 Å². The number of aromatic amines is 1. The minimum atomic E-state index is -1.02. The van der Waals surface area contributed by atoms with E-state index in [4.69, 9.17) is 4.74 Å². The molecule has 10 heteroatoms. The first-order valence-corrected chi connectivity index (χ1v) is 14.0. The number of nitrogens with zero attached hydrogens (tertiary/aromatic N) is 3. The molecule has 0 radical (unpaired) electrons. The van der Waals surface area contributed by atoms with E-state index >= 15 is 0 Å². The Bertz CT molecular complexity index is 1590. The second kappa shape index (κ2) is 11.9. The van der Waals surface area contributed by atoms with Gasteiger partial charge in [0, 0.05) is 23.2 Å². The highest BCUT2D eigenvalue weighted by Crippen LogP contribution is 2.31. The zero-order chi connectivity index (χ0) is 29.9. The quantitative estimate of drug-likeness (QED) is 0.231. The molecule has 1 aromatic heterocycles. The van der Waals surface area contributed by atoms with Gasteiger partial charge in [-0.1, -0.05) is 39.0 Å². The number of piperidine rings is 1. The number of rotatable bonds is 6. The lowest BCUT2D eigenvalue weighted by molar-refractivity contribution is 0.0666. The molecule has 3 aromatic carbocycles. The Hall–Kier alpha value is -4.86. The molecule has 0 aliphatic carbocycles. The molecule has 2 heterocycles. The number of amides is 3. The van der Waals surface area contributed by atoms with Gasteiger partial charge in [-0.05, 0) is 78.8 Å². The average molecular weight is 570 g/mol. The maximum absolute atomic E-state index is 13.6. The monoisotopic (exact) mass is 569 g/mol. The zero-order valence-corrected chi connectivity index (χ0v) is 24.0. The molecule has 1 atom stereocenters. The van der Waals surface area contributed by atoms with Crippen molar-refractivity contribution in [2.24, 2.45) is 0 Å². The lowest BCUT2D eigenvalue weighted by Crippen LogP contribution is -2.46. The normalized spacial score (nSPS) is 15.3. The van der Waals surface area contributed by atoms with Crippen molar-refractivity contribution in [1.82, 2.24) is 15.1 Å². The number of nitrogens with one attached hydrogen (secondary N) is 2. The molecule has 1 aliphatic rings. The number of hydrogen-bond acceptors (Lipinski definition) is 5. The number of H-pyrrole nitrogens is 1. The molecule has 0 saturated carbocycles. The first kappa shape index (κ1) is 28.7. The first-order chi connectivity index (χ1) is 20.1. The Morgan fingerprint density at radius 2 is 1.81 bits per heavy atom. The van der Waals surface area contributed by atoms with E-state index in [2.05, 4.69) is 36.3 Å². The highest BCUT2D eigenvalue weighted by Gasteiger charge is 2.29. The zero-order valence-electron chi connectivity index (χ0n) is 24.0. The van der Waals surface area contributed by atoms with Crippen LogP contribution in [0.2, 0.25) is 0 Å². The Balaban J connectivity index is 1.40. The highest BCUT2D eigenvalue weighted by molar-refractivity contribution is 6.06. The molecular weight excluding hydrogens is 534 g/mol. The van der Waals surface area contributed by atoms with Crippen LogP contribution in [0.3, 0.4) is 0 Å². The Morgan fingerprint density at radius 1 is 1.05 bits per heavy atom. The molecule has 5 rings (SSSR count). The molecule has 3 amide bonds. The summed E-state index contributed by atoms with van der Waals surface area (Å²) in [6, 6.07) is 19.4. The second-order valence-corrected chi connectivity index (χ2v) is 11.5. The van der Waals surface area contributed by atoms with Crippen LogP contribution in [-0.4, -0.2) is 57.5 Å². The molecule has 1 saturated heterocycles. The van der Waals surface area contributed by atoms with Crippen molar-refractivity contribution in [3.05, 3.63) is 84.1 Å². The summed E-state index contributed by atoms with van der Waals surface area (Å²) >= 11 is 0. The number of carbonyl (C=O) groups excluding carboxylic acids is 2. The van der Waals surface area contributed by atoms with Gasteiger partial charge in [-0.2, -0.15) is 5.10 Å². The molecule has 10 nitrogen and oxygen atoms in total. The maximum Gasteiger partial charge on any atom is 0.419 e. The minimum Gasteiger partial charge on any atom is -0.465 e. The van der Waals surface area contributed by atoms with Gasteiger partial charge < -0.3 is 20.1 Å². The fourth-order valence-electron chi connectivity index (χ4n) is 5.13. The third-order valence-corrected chi connectivity index (χ3v) is 7.51. The van der Waals surface area contributed by atoms with Crippen LogP contribution in [0.15, 0.2) is 72.9 Å². The summed E-state index contributed by atoms with van der Waals surface area (Å²) in [5.41, 5.74) is 3.93. The number of ether oxygens (including phenoxy) is 1. The van der Waals surface area contributed by atoms with E-state index in [0.717, 1.165) is 29.3 Å². The molecule has 4 aromatic rings. The van der Waals surface area contributed by atoms with Gasteiger partial charge in [0.25, 0.3) is 5.91 Å². The van der Waals surface area contributed by atoms with Crippen LogP contribution in [0.25, 0.3) is 10.9 Å². The summed E-state index contributed by atoms with van der Waals surface area (Å²) in [4.78, 5) is 41.3. The lowest BCUT2D eigenvalue weighted by atomic mass is 9.87. The largest absolute Gasteiger partial charge is 0.465 e.